The lowest BCUT2D eigenvalue weighted by Crippen LogP contribution is -2.21. The molecule has 0 spiro atoms. The number of benzene rings is 1. The first-order chi connectivity index (χ1) is 14.0. The number of hydrogen-bond acceptors (Lipinski definition) is 6. The first-order valence-electron chi connectivity index (χ1n) is 10.1. The number of aromatic hydroxyl groups is 1. The van der Waals surface area contributed by atoms with Crippen molar-refractivity contribution < 1.29 is 14.6 Å². The van der Waals surface area contributed by atoms with Crippen molar-refractivity contribution >= 4 is 17.6 Å². The van der Waals surface area contributed by atoms with Crippen molar-refractivity contribution in [3.63, 3.8) is 0 Å². The molecule has 3 atom stereocenters. The Morgan fingerprint density at radius 2 is 2.14 bits per heavy atom. The van der Waals surface area contributed by atoms with Crippen molar-refractivity contribution in [1.29, 1.82) is 0 Å². The summed E-state index contributed by atoms with van der Waals surface area (Å²) in [6.45, 7) is 3.19. The number of aromatic nitrogens is 1. The predicted octanol–water partition coefficient (Wildman–Crippen LogP) is 2.31. The monoisotopic (exact) mass is 398 g/mol. The number of nitrogens with zero attached hydrogens (tertiary/aromatic N) is 1. The van der Waals surface area contributed by atoms with Crippen LogP contribution in [0.2, 0.25) is 0 Å². The molecule has 0 radical (unpaired) electrons. The average molecular weight is 399 g/mol. The highest BCUT2D eigenvalue weighted by atomic mass is 16.5. The molecule has 156 valence electrons. The van der Waals surface area contributed by atoms with Gasteiger partial charge in [-0.05, 0) is 37.2 Å². The van der Waals surface area contributed by atoms with E-state index in [-0.39, 0.29) is 23.7 Å². The van der Waals surface area contributed by atoms with Gasteiger partial charge in [0.25, 0.3) is 0 Å². The fourth-order valence-corrected chi connectivity index (χ4v) is 4.65. The molecule has 3 unspecified atom stereocenters. The third-order valence-corrected chi connectivity index (χ3v) is 6.11. The van der Waals surface area contributed by atoms with Gasteiger partial charge in [0.1, 0.15) is 11.6 Å². The lowest BCUT2D eigenvalue weighted by molar-refractivity contribution is 0.0983. The molecule has 6 N–H and O–H groups in total. The van der Waals surface area contributed by atoms with Crippen LogP contribution in [0.4, 0.5) is 5.82 Å². The number of phenols is 1. The summed E-state index contributed by atoms with van der Waals surface area (Å²) in [4.78, 5) is 5.72. The van der Waals surface area contributed by atoms with E-state index in [9.17, 15) is 5.11 Å². The lowest BCUT2D eigenvalue weighted by Gasteiger charge is -2.20. The smallest absolute Gasteiger partial charge is 0.124 e. The Morgan fingerprint density at radius 1 is 1.34 bits per heavy atom. The van der Waals surface area contributed by atoms with Crippen molar-refractivity contribution in [1.82, 2.24) is 9.88 Å². The van der Waals surface area contributed by atoms with Crippen molar-refractivity contribution in [3.8, 4) is 5.75 Å². The number of nitrogens with one attached hydrogen (secondary N) is 1. The molecule has 4 rings (SSSR count). The molecule has 2 aliphatic rings. The van der Waals surface area contributed by atoms with Crippen LogP contribution in [0.5, 0.6) is 5.75 Å². The summed E-state index contributed by atoms with van der Waals surface area (Å²) in [5, 5.41) is 10.2. The summed E-state index contributed by atoms with van der Waals surface area (Å²) >= 11 is 0. The molecule has 7 heteroatoms. The highest BCUT2D eigenvalue weighted by Gasteiger charge is 2.37. The van der Waals surface area contributed by atoms with E-state index in [2.05, 4.69) is 16.9 Å². The first kappa shape index (κ1) is 19.8. The van der Waals surface area contributed by atoms with Crippen LogP contribution < -0.4 is 11.5 Å². The standard InChI is InChI=1S/C22H30N4O3/c1-26-10-16(19(11-26)28-2)21-20(13-7-8-29-12-13)15(22(24)25-21)9-17(23)14-5-3-4-6-18(14)27/h3-6,9,13,16,19,25,27H,7-8,10-12,23-24H2,1-2H3/b17-9-. The summed E-state index contributed by atoms with van der Waals surface area (Å²) in [5.41, 5.74) is 17.1. The van der Waals surface area contributed by atoms with E-state index < -0.39 is 0 Å². The Labute approximate surface area is 171 Å². The number of nitrogens with two attached hydrogens (primary N) is 2. The zero-order valence-electron chi connectivity index (χ0n) is 17.0. The lowest BCUT2D eigenvalue weighted by atomic mass is 9.88. The molecule has 2 aliphatic heterocycles. The quantitative estimate of drug-likeness (QED) is 0.615. The zero-order chi connectivity index (χ0) is 20.5. The number of hydrogen-bond donors (Lipinski definition) is 4. The van der Waals surface area contributed by atoms with Gasteiger partial charge in [-0.1, -0.05) is 12.1 Å². The van der Waals surface area contributed by atoms with E-state index in [4.69, 9.17) is 20.9 Å². The maximum absolute atomic E-state index is 10.2. The Kier molecular flexibility index (Phi) is 5.54. The van der Waals surface area contributed by atoms with Crippen LogP contribution in [0.25, 0.3) is 11.8 Å². The van der Waals surface area contributed by atoms with Crippen LogP contribution in [0, 0.1) is 0 Å². The van der Waals surface area contributed by atoms with Crippen molar-refractivity contribution in [2.75, 3.05) is 46.2 Å². The number of nitrogen functional groups attached to an aromatic ring is 1. The van der Waals surface area contributed by atoms with Crippen LogP contribution in [-0.4, -0.2) is 61.6 Å². The second kappa shape index (κ2) is 8.10. The second-order valence-electron chi connectivity index (χ2n) is 8.06. The van der Waals surface area contributed by atoms with Gasteiger partial charge in [0.15, 0.2) is 0 Å². The Morgan fingerprint density at radius 3 is 2.83 bits per heavy atom. The summed E-state index contributed by atoms with van der Waals surface area (Å²) in [7, 11) is 3.87. The minimum absolute atomic E-state index is 0.103. The molecule has 2 aromatic rings. The number of aromatic amines is 1. The van der Waals surface area contributed by atoms with Gasteiger partial charge >= 0.3 is 0 Å². The maximum Gasteiger partial charge on any atom is 0.124 e. The topological polar surface area (TPSA) is 110 Å². The fraction of sp³-hybridized carbons (Fsp3) is 0.455. The second-order valence-corrected chi connectivity index (χ2v) is 8.06. The number of anilines is 1. The summed E-state index contributed by atoms with van der Waals surface area (Å²) in [6, 6.07) is 7.06. The molecule has 0 aliphatic carbocycles. The maximum atomic E-state index is 10.2. The van der Waals surface area contributed by atoms with Gasteiger partial charge < -0.3 is 35.9 Å². The molecular weight excluding hydrogens is 368 g/mol. The predicted molar refractivity (Wildman–Crippen MR) is 115 cm³/mol. The summed E-state index contributed by atoms with van der Waals surface area (Å²) < 4.78 is 11.5. The van der Waals surface area contributed by atoms with Crippen LogP contribution in [0.15, 0.2) is 24.3 Å². The minimum atomic E-state index is 0.103. The van der Waals surface area contributed by atoms with E-state index in [0.29, 0.717) is 23.7 Å². The van der Waals surface area contributed by atoms with Crippen LogP contribution in [-0.2, 0) is 9.47 Å². The number of para-hydroxylation sites is 1. The van der Waals surface area contributed by atoms with E-state index in [1.54, 1.807) is 25.3 Å². The largest absolute Gasteiger partial charge is 0.507 e. The highest BCUT2D eigenvalue weighted by molar-refractivity contribution is 5.86. The van der Waals surface area contributed by atoms with E-state index in [1.807, 2.05) is 12.1 Å². The molecule has 0 saturated carbocycles. The third kappa shape index (κ3) is 3.73. The molecule has 1 aromatic heterocycles. The normalized spacial score (nSPS) is 25.7. The Balaban J connectivity index is 1.81. The molecule has 29 heavy (non-hydrogen) atoms. The Hall–Kier alpha value is -2.48. The molecule has 2 saturated heterocycles. The number of likely N-dealkylation sites (N-methyl/N-ethyl adjacent to an activating group) is 1. The van der Waals surface area contributed by atoms with Gasteiger partial charge in [0, 0.05) is 61.2 Å². The third-order valence-electron chi connectivity index (χ3n) is 6.11. The molecule has 2 fully saturated rings. The summed E-state index contributed by atoms with van der Waals surface area (Å²) in [5.74, 6) is 1.20. The van der Waals surface area contributed by atoms with Gasteiger partial charge in [-0.2, -0.15) is 0 Å². The molecule has 1 aromatic carbocycles. The number of ether oxygens (including phenoxy) is 2. The Bertz CT molecular complexity index is 901. The van der Waals surface area contributed by atoms with E-state index in [1.165, 1.54) is 5.56 Å². The number of phenolic OH excluding ortho intramolecular Hbond substituents is 1. The van der Waals surface area contributed by atoms with Crippen LogP contribution in [0.3, 0.4) is 0 Å². The van der Waals surface area contributed by atoms with Gasteiger partial charge in [-0.25, -0.2) is 0 Å². The van der Waals surface area contributed by atoms with E-state index in [0.717, 1.165) is 37.4 Å². The fourth-order valence-electron chi connectivity index (χ4n) is 4.65. The van der Waals surface area contributed by atoms with Gasteiger partial charge in [0.05, 0.1) is 12.7 Å². The molecule has 0 bridgehead atoms. The van der Waals surface area contributed by atoms with Gasteiger partial charge in [-0.15, -0.1) is 0 Å². The average Bonchev–Trinajstić information content (AvgIpc) is 3.41. The zero-order valence-corrected chi connectivity index (χ0v) is 17.0. The number of rotatable bonds is 5. The van der Waals surface area contributed by atoms with Crippen molar-refractivity contribution in [2.24, 2.45) is 5.73 Å². The molecular formula is C22H30N4O3. The van der Waals surface area contributed by atoms with Gasteiger partial charge in [0.2, 0.25) is 0 Å². The summed E-state index contributed by atoms with van der Waals surface area (Å²) in [6.07, 6.45) is 2.92. The van der Waals surface area contributed by atoms with Crippen molar-refractivity contribution in [3.05, 3.63) is 46.6 Å². The highest BCUT2D eigenvalue weighted by Crippen LogP contribution is 2.41. The van der Waals surface area contributed by atoms with Crippen molar-refractivity contribution in [2.45, 2.75) is 24.4 Å². The van der Waals surface area contributed by atoms with Gasteiger partial charge in [-0.3, -0.25) is 0 Å². The number of H-pyrrole nitrogens is 1. The number of likely N-dealkylation sites (tertiary alicyclic amines) is 1. The minimum Gasteiger partial charge on any atom is -0.507 e. The molecule has 7 nitrogen and oxygen atoms in total. The SMILES string of the molecule is COC1CN(C)CC1c1[nH]c(N)c(/C=C(\N)c2ccccc2O)c1C1CCOC1. The van der Waals surface area contributed by atoms with Crippen LogP contribution >= 0.6 is 0 Å². The van der Waals surface area contributed by atoms with Crippen LogP contribution in [0.1, 0.15) is 40.6 Å². The number of methoxy groups -OCH3 is 1. The molecule has 3 heterocycles. The van der Waals surface area contributed by atoms with E-state index >= 15 is 0 Å². The first-order valence-corrected chi connectivity index (χ1v) is 10.1. The molecule has 0 amide bonds.